The first-order valence-electron chi connectivity index (χ1n) is 6.11. The first-order valence-corrected chi connectivity index (χ1v) is 6.11. The summed E-state index contributed by atoms with van der Waals surface area (Å²) in [5.74, 6) is -0.848. The summed E-state index contributed by atoms with van der Waals surface area (Å²) < 4.78 is 11.1. The van der Waals surface area contributed by atoms with Gasteiger partial charge in [-0.05, 0) is 33.2 Å². The van der Waals surface area contributed by atoms with E-state index in [1.807, 2.05) is 13.8 Å². The van der Waals surface area contributed by atoms with Gasteiger partial charge in [0.15, 0.2) is 0 Å². The number of ether oxygens (including phenoxy) is 2. The molecule has 17 heavy (non-hydrogen) atoms. The molecule has 0 amide bonds. The predicted molar refractivity (Wildman–Crippen MR) is 66.0 cm³/mol. The smallest absolute Gasteiger partial charge is 0.305 e. The Morgan fingerprint density at radius 3 is 2.65 bits per heavy atom. The van der Waals surface area contributed by atoms with Crippen LogP contribution in [0.4, 0.5) is 0 Å². The van der Waals surface area contributed by atoms with Crippen LogP contribution in [0.1, 0.15) is 40.0 Å². The minimum atomic E-state index is -0.848. The van der Waals surface area contributed by atoms with Crippen molar-refractivity contribution in [3.63, 3.8) is 0 Å². The first-order chi connectivity index (χ1) is 7.93. The van der Waals surface area contributed by atoms with Crippen molar-refractivity contribution in [1.82, 2.24) is 0 Å². The molecule has 0 aromatic rings. The van der Waals surface area contributed by atoms with Crippen LogP contribution in [0.5, 0.6) is 0 Å². The molecule has 102 valence electrons. The number of nitrogens with two attached hydrogens (primary N) is 1. The summed E-state index contributed by atoms with van der Waals surface area (Å²) in [6.45, 7) is 7.25. The fraction of sp³-hybridized carbons (Fsp3) is 0.917. The molecule has 5 nitrogen and oxygen atoms in total. The third kappa shape index (κ3) is 8.12. The third-order valence-corrected chi connectivity index (χ3v) is 2.81. The maximum atomic E-state index is 10.3. The Morgan fingerprint density at radius 2 is 2.18 bits per heavy atom. The predicted octanol–water partition coefficient (Wildman–Crippen LogP) is 1.40. The summed E-state index contributed by atoms with van der Waals surface area (Å²) in [5, 5.41) is 8.47. The molecule has 0 aromatic heterocycles. The van der Waals surface area contributed by atoms with Crippen molar-refractivity contribution in [3.05, 3.63) is 0 Å². The van der Waals surface area contributed by atoms with E-state index >= 15 is 0 Å². The van der Waals surface area contributed by atoms with Gasteiger partial charge in [0, 0.05) is 0 Å². The molecular weight excluding hydrogens is 222 g/mol. The van der Waals surface area contributed by atoms with Gasteiger partial charge in [0.05, 0.1) is 31.3 Å². The van der Waals surface area contributed by atoms with E-state index in [2.05, 4.69) is 6.92 Å². The molecule has 0 spiro atoms. The van der Waals surface area contributed by atoms with Crippen molar-refractivity contribution < 1.29 is 19.4 Å². The van der Waals surface area contributed by atoms with E-state index in [1.54, 1.807) is 0 Å². The van der Waals surface area contributed by atoms with Gasteiger partial charge in [-0.1, -0.05) is 6.92 Å². The van der Waals surface area contributed by atoms with E-state index < -0.39 is 5.97 Å². The van der Waals surface area contributed by atoms with Gasteiger partial charge in [-0.25, -0.2) is 0 Å². The van der Waals surface area contributed by atoms with Crippen molar-refractivity contribution in [1.29, 1.82) is 0 Å². The second-order valence-electron chi connectivity index (χ2n) is 4.48. The highest BCUT2D eigenvalue weighted by Crippen LogP contribution is 2.19. The van der Waals surface area contributed by atoms with Crippen LogP contribution in [-0.4, -0.2) is 42.5 Å². The minimum absolute atomic E-state index is 0.0260. The normalized spacial score (nSPS) is 16.5. The lowest BCUT2D eigenvalue weighted by Crippen LogP contribution is -2.34. The van der Waals surface area contributed by atoms with Crippen molar-refractivity contribution in [2.75, 3.05) is 19.8 Å². The van der Waals surface area contributed by atoms with Crippen LogP contribution in [0.3, 0.4) is 0 Å². The zero-order valence-corrected chi connectivity index (χ0v) is 11.1. The highest BCUT2D eigenvalue weighted by atomic mass is 16.5. The Bertz CT molecular complexity index is 223. The molecule has 0 aliphatic carbocycles. The largest absolute Gasteiger partial charge is 0.481 e. The quantitative estimate of drug-likeness (QED) is 0.610. The number of hydrogen-bond donors (Lipinski definition) is 2. The fourth-order valence-corrected chi connectivity index (χ4v) is 1.37. The van der Waals surface area contributed by atoms with Gasteiger partial charge in [-0.3, -0.25) is 4.79 Å². The number of carboxylic acids is 1. The maximum Gasteiger partial charge on any atom is 0.305 e. The van der Waals surface area contributed by atoms with Gasteiger partial charge < -0.3 is 20.3 Å². The molecule has 0 aliphatic heterocycles. The molecule has 0 saturated carbocycles. The van der Waals surface area contributed by atoms with Crippen LogP contribution in [0.25, 0.3) is 0 Å². The summed E-state index contributed by atoms with van der Waals surface area (Å²) in [6, 6.07) is 0. The molecule has 3 N–H and O–H groups in total. The van der Waals surface area contributed by atoms with Crippen molar-refractivity contribution in [3.8, 4) is 0 Å². The monoisotopic (exact) mass is 247 g/mol. The molecule has 0 saturated heterocycles. The van der Waals surface area contributed by atoms with E-state index in [4.69, 9.17) is 20.3 Å². The zero-order valence-electron chi connectivity index (χ0n) is 11.1. The maximum absolute atomic E-state index is 10.3. The lowest BCUT2D eigenvalue weighted by Gasteiger charge is -2.29. The van der Waals surface area contributed by atoms with Crippen molar-refractivity contribution in [2.45, 2.75) is 51.7 Å². The van der Waals surface area contributed by atoms with Gasteiger partial charge in [0.1, 0.15) is 0 Å². The summed E-state index contributed by atoms with van der Waals surface area (Å²) in [5.41, 5.74) is 5.32. The number of aliphatic carboxylic acids is 1. The molecule has 0 radical (unpaired) electrons. The molecule has 2 atom stereocenters. The number of carboxylic acid groups (broad SMARTS) is 1. The zero-order chi connectivity index (χ0) is 13.3. The van der Waals surface area contributed by atoms with E-state index in [9.17, 15) is 4.79 Å². The van der Waals surface area contributed by atoms with Crippen molar-refractivity contribution in [2.24, 2.45) is 5.73 Å². The van der Waals surface area contributed by atoms with Crippen LogP contribution in [0.15, 0.2) is 0 Å². The number of rotatable bonds is 10. The fourth-order valence-electron chi connectivity index (χ4n) is 1.37. The van der Waals surface area contributed by atoms with E-state index in [1.165, 1.54) is 0 Å². The van der Waals surface area contributed by atoms with Gasteiger partial charge in [0.2, 0.25) is 0 Å². The third-order valence-electron chi connectivity index (χ3n) is 2.81. The van der Waals surface area contributed by atoms with Crippen LogP contribution in [0, 0.1) is 0 Å². The van der Waals surface area contributed by atoms with Crippen LogP contribution >= 0.6 is 0 Å². The molecular formula is C12H25NO4. The highest BCUT2D eigenvalue weighted by molar-refractivity contribution is 5.66. The van der Waals surface area contributed by atoms with Crippen LogP contribution in [-0.2, 0) is 14.3 Å². The van der Waals surface area contributed by atoms with Gasteiger partial charge in [-0.15, -0.1) is 0 Å². The first kappa shape index (κ1) is 16.4. The molecule has 0 bridgehead atoms. The van der Waals surface area contributed by atoms with Gasteiger partial charge in [0.25, 0.3) is 0 Å². The van der Waals surface area contributed by atoms with Gasteiger partial charge in [-0.2, -0.15) is 0 Å². The van der Waals surface area contributed by atoms with Gasteiger partial charge >= 0.3 is 5.97 Å². The average molecular weight is 247 g/mol. The second kappa shape index (κ2) is 8.44. The standard InChI is InChI=1S/C12H25NO4/c1-4-12(3,6-7-13)17-9-10(2)16-8-5-11(14)15/h10H,4-9,13H2,1-3H3,(H,14,15). The summed E-state index contributed by atoms with van der Waals surface area (Å²) in [4.78, 5) is 10.3. The molecule has 0 rings (SSSR count). The number of carbonyl (C=O) groups is 1. The molecule has 0 aliphatic rings. The Labute approximate surface area is 103 Å². The average Bonchev–Trinajstić information content (AvgIpc) is 2.26. The second-order valence-corrected chi connectivity index (χ2v) is 4.48. The molecule has 5 heteroatoms. The summed E-state index contributed by atoms with van der Waals surface area (Å²) >= 11 is 0. The molecule has 2 unspecified atom stereocenters. The number of hydrogen-bond acceptors (Lipinski definition) is 4. The minimum Gasteiger partial charge on any atom is -0.481 e. The lowest BCUT2D eigenvalue weighted by molar-refractivity contribution is -0.139. The Morgan fingerprint density at radius 1 is 1.53 bits per heavy atom. The molecule has 0 aromatic carbocycles. The van der Waals surface area contributed by atoms with Crippen molar-refractivity contribution >= 4 is 5.97 Å². The van der Waals surface area contributed by atoms with E-state index in [-0.39, 0.29) is 24.7 Å². The molecule has 0 heterocycles. The molecule has 0 fully saturated rings. The SMILES string of the molecule is CCC(C)(CCN)OCC(C)OCCC(=O)O. The summed E-state index contributed by atoms with van der Waals surface area (Å²) in [6.07, 6.45) is 1.63. The lowest BCUT2D eigenvalue weighted by atomic mass is 9.99. The topological polar surface area (TPSA) is 81.8 Å². The van der Waals surface area contributed by atoms with Crippen LogP contribution in [0.2, 0.25) is 0 Å². The van der Waals surface area contributed by atoms with Crippen LogP contribution < -0.4 is 5.73 Å². The Kier molecular flexibility index (Phi) is 8.12. The summed E-state index contributed by atoms with van der Waals surface area (Å²) in [7, 11) is 0. The highest BCUT2D eigenvalue weighted by Gasteiger charge is 2.22. The van der Waals surface area contributed by atoms with E-state index in [0.29, 0.717) is 13.2 Å². The Balaban J connectivity index is 3.80. The Hall–Kier alpha value is -0.650. The van der Waals surface area contributed by atoms with E-state index in [0.717, 1.165) is 12.8 Å².